The minimum Gasteiger partial charge on any atom is -0.354 e. The largest absolute Gasteiger partial charge is 0.354 e. The smallest absolute Gasteiger partial charge is 0.218 e. The first-order valence-corrected chi connectivity index (χ1v) is 6.55. The summed E-state index contributed by atoms with van der Waals surface area (Å²) in [4.78, 5) is 11.8. The minimum absolute atomic E-state index is 0.350. The van der Waals surface area contributed by atoms with Crippen molar-refractivity contribution in [1.29, 1.82) is 0 Å². The van der Waals surface area contributed by atoms with E-state index in [0.717, 1.165) is 22.5 Å². The highest BCUT2D eigenvalue weighted by atomic mass is 15.3. The SMILES string of the molecule is CC(C)Nc1nc2ccc(CNc3ncn[nH]3)cc2[nH]1. The van der Waals surface area contributed by atoms with Crippen LogP contribution in [-0.2, 0) is 6.54 Å². The summed E-state index contributed by atoms with van der Waals surface area (Å²) in [5, 5.41) is 13.0. The molecule has 0 spiro atoms. The van der Waals surface area contributed by atoms with Gasteiger partial charge in [-0.25, -0.2) is 15.1 Å². The van der Waals surface area contributed by atoms with Crippen LogP contribution in [0.4, 0.5) is 11.9 Å². The van der Waals surface area contributed by atoms with Crippen molar-refractivity contribution in [3.05, 3.63) is 30.1 Å². The zero-order valence-corrected chi connectivity index (χ0v) is 11.4. The molecule has 2 heterocycles. The van der Waals surface area contributed by atoms with Crippen LogP contribution in [-0.4, -0.2) is 31.2 Å². The number of benzene rings is 1. The van der Waals surface area contributed by atoms with Crippen molar-refractivity contribution >= 4 is 22.9 Å². The van der Waals surface area contributed by atoms with Gasteiger partial charge < -0.3 is 15.6 Å². The second-order valence-electron chi connectivity index (χ2n) is 4.92. The summed E-state index contributed by atoms with van der Waals surface area (Å²) in [5.41, 5.74) is 3.12. The van der Waals surface area contributed by atoms with E-state index in [-0.39, 0.29) is 0 Å². The van der Waals surface area contributed by atoms with Crippen molar-refractivity contribution in [3.63, 3.8) is 0 Å². The van der Waals surface area contributed by atoms with E-state index in [2.05, 4.69) is 55.7 Å². The number of hydrogen-bond acceptors (Lipinski definition) is 5. The van der Waals surface area contributed by atoms with Crippen LogP contribution < -0.4 is 10.6 Å². The van der Waals surface area contributed by atoms with Crippen molar-refractivity contribution in [2.45, 2.75) is 26.4 Å². The van der Waals surface area contributed by atoms with E-state index in [9.17, 15) is 0 Å². The molecule has 0 bridgehead atoms. The molecule has 7 nitrogen and oxygen atoms in total. The van der Waals surface area contributed by atoms with Crippen molar-refractivity contribution in [1.82, 2.24) is 25.1 Å². The lowest BCUT2D eigenvalue weighted by atomic mass is 10.2. The Balaban J connectivity index is 1.76. The third-order valence-corrected chi connectivity index (χ3v) is 2.85. The lowest BCUT2D eigenvalue weighted by Gasteiger charge is -2.04. The number of aromatic nitrogens is 5. The lowest BCUT2D eigenvalue weighted by Crippen LogP contribution is -2.10. The minimum atomic E-state index is 0.350. The van der Waals surface area contributed by atoms with Crippen molar-refractivity contribution in [3.8, 4) is 0 Å². The molecule has 4 N–H and O–H groups in total. The molecule has 3 rings (SSSR count). The first kappa shape index (κ1) is 12.5. The Morgan fingerprint density at radius 1 is 1.25 bits per heavy atom. The van der Waals surface area contributed by atoms with Crippen molar-refractivity contribution in [2.24, 2.45) is 0 Å². The van der Waals surface area contributed by atoms with Gasteiger partial charge in [0.05, 0.1) is 11.0 Å². The summed E-state index contributed by atoms with van der Waals surface area (Å²) >= 11 is 0. The van der Waals surface area contributed by atoms with E-state index in [1.165, 1.54) is 6.33 Å². The van der Waals surface area contributed by atoms with Crippen molar-refractivity contribution < 1.29 is 0 Å². The number of nitrogens with zero attached hydrogens (tertiary/aromatic N) is 3. The van der Waals surface area contributed by atoms with Crippen LogP contribution in [0.15, 0.2) is 24.5 Å². The molecule has 0 aliphatic heterocycles. The maximum atomic E-state index is 4.49. The van der Waals surface area contributed by atoms with E-state index in [1.54, 1.807) is 0 Å². The van der Waals surface area contributed by atoms with E-state index < -0.39 is 0 Å². The molecule has 0 atom stereocenters. The first-order chi connectivity index (χ1) is 9.70. The van der Waals surface area contributed by atoms with Gasteiger partial charge in [-0.05, 0) is 31.5 Å². The molecule has 7 heteroatoms. The molecule has 3 aromatic rings. The molecule has 0 saturated carbocycles. The summed E-state index contributed by atoms with van der Waals surface area (Å²) in [5.74, 6) is 1.47. The van der Waals surface area contributed by atoms with Gasteiger partial charge in [-0.2, -0.15) is 5.10 Å². The summed E-state index contributed by atoms with van der Waals surface area (Å²) in [6.45, 7) is 4.84. The van der Waals surface area contributed by atoms with Gasteiger partial charge in [0.25, 0.3) is 0 Å². The molecule has 104 valence electrons. The maximum absolute atomic E-state index is 4.49. The van der Waals surface area contributed by atoms with Crippen LogP contribution in [0, 0.1) is 0 Å². The molecule has 20 heavy (non-hydrogen) atoms. The molecule has 0 aliphatic rings. The zero-order chi connectivity index (χ0) is 13.9. The number of imidazole rings is 1. The van der Waals surface area contributed by atoms with E-state index >= 15 is 0 Å². The molecule has 0 saturated heterocycles. The average molecular weight is 271 g/mol. The maximum Gasteiger partial charge on any atom is 0.218 e. The summed E-state index contributed by atoms with van der Waals surface area (Å²) < 4.78 is 0. The number of nitrogens with one attached hydrogen (secondary N) is 4. The Morgan fingerprint density at radius 2 is 2.15 bits per heavy atom. The molecule has 0 radical (unpaired) electrons. The monoisotopic (exact) mass is 271 g/mol. The molecule has 0 unspecified atom stereocenters. The fourth-order valence-electron chi connectivity index (χ4n) is 1.98. The van der Waals surface area contributed by atoms with Gasteiger partial charge in [-0.1, -0.05) is 6.07 Å². The quantitative estimate of drug-likeness (QED) is 0.570. The summed E-state index contributed by atoms with van der Waals surface area (Å²) in [6, 6.07) is 6.49. The van der Waals surface area contributed by atoms with Gasteiger partial charge in [-0.15, -0.1) is 0 Å². The molecule has 0 amide bonds. The van der Waals surface area contributed by atoms with Gasteiger partial charge >= 0.3 is 0 Å². The summed E-state index contributed by atoms with van der Waals surface area (Å²) in [7, 11) is 0. The Kier molecular flexibility index (Phi) is 3.24. The number of hydrogen-bond donors (Lipinski definition) is 4. The lowest BCUT2D eigenvalue weighted by molar-refractivity contribution is 0.883. The standard InChI is InChI=1S/C13H17N7/c1-8(2)17-13-18-10-4-3-9(5-11(10)19-13)6-14-12-15-7-16-20-12/h3-5,7-8H,6H2,1-2H3,(H2,17,18,19)(H2,14,15,16,20). The average Bonchev–Trinajstić information content (AvgIpc) is 3.03. The van der Waals surface area contributed by atoms with E-state index in [1.807, 2.05) is 12.1 Å². The third kappa shape index (κ3) is 2.71. The molecule has 1 aromatic carbocycles. The molecular weight excluding hydrogens is 254 g/mol. The van der Waals surface area contributed by atoms with Crippen LogP contribution in [0.2, 0.25) is 0 Å². The van der Waals surface area contributed by atoms with Gasteiger partial charge in [0.15, 0.2) is 0 Å². The Hall–Kier alpha value is -2.57. The topological polar surface area (TPSA) is 94.3 Å². The van der Waals surface area contributed by atoms with Gasteiger partial charge in [-0.3, -0.25) is 0 Å². The van der Waals surface area contributed by atoms with Crippen LogP contribution >= 0.6 is 0 Å². The predicted octanol–water partition coefficient (Wildman–Crippen LogP) is 2.11. The number of anilines is 2. The Morgan fingerprint density at radius 3 is 2.90 bits per heavy atom. The fraction of sp³-hybridized carbons (Fsp3) is 0.308. The number of rotatable bonds is 5. The van der Waals surface area contributed by atoms with Crippen LogP contribution in [0.25, 0.3) is 11.0 Å². The van der Waals surface area contributed by atoms with Crippen molar-refractivity contribution in [2.75, 3.05) is 10.6 Å². The summed E-state index contributed by atoms with van der Waals surface area (Å²) in [6.07, 6.45) is 1.48. The molecule has 0 fully saturated rings. The Labute approximate surface area is 116 Å². The van der Waals surface area contributed by atoms with Gasteiger partial charge in [0, 0.05) is 12.6 Å². The molecular formula is C13H17N7. The van der Waals surface area contributed by atoms with Gasteiger partial charge in [0.2, 0.25) is 11.9 Å². The van der Waals surface area contributed by atoms with Crippen LogP contribution in [0.5, 0.6) is 0 Å². The normalized spacial score (nSPS) is 11.2. The molecule has 0 aliphatic carbocycles. The van der Waals surface area contributed by atoms with E-state index in [0.29, 0.717) is 18.5 Å². The zero-order valence-electron chi connectivity index (χ0n) is 11.4. The van der Waals surface area contributed by atoms with Crippen LogP contribution in [0.3, 0.4) is 0 Å². The number of fused-ring (bicyclic) bond motifs is 1. The second-order valence-corrected chi connectivity index (χ2v) is 4.92. The highest BCUT2D eigenvalue weighted by Crippen LogP contribution is 2.17. The predicted molar refractivity (Wildman–Crippen MR) is 78.6 cm³/mol. The van der Waals surface area contributed by atoms with Crippen LogP contribution in [0.1, 0.15) is 19.4 Å². The number of H-pyrrole nitrogens is 2. The molecule has 2 aromatic heterocycles. The highest BCUT2D eigenvalue weighted by Gasteiger charge is 2.05. The van der Waals surface area contributed by atoms with E-state index in [4.69, 9.17) is 0 Å². The second kappa shape index (κ2) is 5.20. The third-order valence-electron chi connectivity index (χ3n) is 2.85. The Bertz CT molecular complexity index is 684. The highest BCUT2D eigenvalue weighted by molar-refractivity contribution is 5.78. The first-order valence-electron chi connectivity index (χ1n) is 6.55. The fourth-order valence-corrected chi connectivity index (χ4v) is 1.98. The van der Waals surface area contributed by atoms with Gasteiger partial charge in [0.1, 0.15) is 6.33 Å². The number of aromatic amines is 2.